The Hall–Kier alpha value is -3.68. The van der Waals surface area contributed by atoms with E-state index in [4.69, 9.17) is 0 Å². The summed E-state index contributed by atoms with van der Waals surface area (Å²) in [5.74, 6) is -0.135. The van der Waals surface area contributed by atoms with Crippen molar-refractivity contribution in [3.63, 3.8) is 0 Å². The number of carbonyl (C=O) groups excluding carboxylic acids is 4. The molecule has 2 aromatic rings. The molecule has 194 valence electrons. The van der Waals surface area contributed by atoms with Crippen LogP contribution in [0.15, 0.2) is 48.5 Å². The maximum Gasteiger partial charge on any atom is 0.253 e. The van der Waals surface area contributed by atoms with E-state index < -0.39 is 0 Å². The van der Waals surface area contributed by atoms with Crippen LogP contribution in [0.5, 0.6) is 0 Å². The molecule has 3 aliphatic rings. The number of carbonyl (C=O) groups is 4. The molecule has 4 amide bonds. The Morgan fingerprint density at radius 3 is 2.35 bits per heavy atom. The average Bonchev–Trinajstić information content (AvgIpc) is 3.82. The molecule has 2 N–H and O–H groups in total. The first-order chi connectivity index (χ1) is 17.9. The van der Waals surface area contributed by atoms with Crippen molar-refractivity contribution in [2.24, 2.45) is 11.8 Å². The standard InChI is InChI=1S/C29H34N4O4/c1-32(25-13-14-25)28(36)20-9-11-23(12-10-20)30-26(34)17-19-4-2-6-24(16-19)31-27(35)22-5-3-15-33(18-22)29(37)21-7-8-21/h2,4,6,9-12,16,21-22,25H,3,5,7-8,13-15,17-18H2,1H3,(H,30,34)(H,31,35). The van der Waals surface area contributed by atoms with Crippen molar-refractivity contribution in [1.29, 1.82) is 0 Å². The number of hydrogen-bond donors (Lipinski definition) is 2. The van der Waals surface area contributed by atoms with Gasteiger partial charge in [-0.05, 0) is 80.5 Å². The zero-order valence-electron chi connectivity index (χ0n) is 21.2. The zero-order chi connectivity index (χ0) is 25.9. The van der Waals surface area contributed by atoms with Crippen LogP contribution in [0.25, 0.3) is 0 Å². The third-order valence-electron chi connectivity index (χ3n) is 7.42. The van der Waals surface area contributed by atoms with Crippen LogP contribution in [0, 0.1) is 11.8 Å². The van der Waals surface area contributed by atoms with Crippen LogP contribution in [-0.2, 0) is 20.8 Å². The van der Waals surface area contributed by atoms with E-state index >= 15 is 0 Å². The van der Waals surface area contributed by atoms with Crippen LogP contribution in [0.4, 0.5) is 11.4 Å². The molecule has 1 unspecified atom stereocenters. The van der Waals surface area contributed by atoms with Crippen LogP contribution in [-0.4, -0.2) is 59.6 Å². The van der Waals surface area contributed by atoms with Gasteiger partial charge >= 0.3 is 0 Å². The Morgan fingerprint density at radius 2 is 1.65 bits per heavy atom. The highest BCUT2D eigenvalue weighted by Crippen LogP contribution is 2.32. The van der Waals surface area contributed by atoms with Crippen molar-refractivity contribution in [3.8, 4) is 0 Å². The second kappa shape index (κ2) is 10.7. The minimum atomic E-state index is -0.220. The molecule has 1 saturated heterocycles. The summed E-state index contributed by atoms with van der Waals surface area (Å²) in [5.41, 5.74) is 2.66. The highest BCUT2D eigenvalue weighted by atomic mass is 16.2. The minimum absolute atomic E-state index is 0.00492. The number of benzene rings is 2. The molecule has 8 nitrogen and oxygen atoms in total. The van der Waals surface area contributed by atoms with E-state index in [0.717, 1.165) is 50.6 Å². The topological polar surface area (TPSA) is 98.8 Å². The number of amides is 4. The number of nitrogens with zero attached hydrogens (tertiary/aromatic N) is 2. The molecule has 0 spiro atoms. The van der Waals surface area contributed by atoms with Gasteiger partial charge in [-0.3, -0.25) is 19.2 Å². The Bertz CT molecular complexity index is 1190. The van der Waals surface area contributed by atoms with Gasteiger partial charge in [-0.25, -0.2) is 0 Å². The maximum absolute atomic E-state index is 12.9. The lowest BCUT2D eigenvalue weighted by molar-refractivity contribution is -0.135. The fourth-order valence-electron chi connectivity index (χ4n) is 4.90. The number of rotatable bonds is 8. The van der Waals surface area contributed by atoms with Crippen molar-refractivity contribution >= 4 is 35.0 Å². The molecule has 2 saturated carbocycles. The number of nitrogens with one attached hydrogen (secondary N) is 2. The third kappa shape index (κ3) is 6.37. The van der Waals surface area contributed by atoms with E-state index in [2.05, 4.69) is 10.6 Å². The van der Waals surface area contributed by atoms with Crippen LogP contribution in [0.3, 0.4) is 0 Å². The Labute approximate surface area is 217 Å². The molecule has 0 radical (unpaired) electrons. The third-order valence-corrected chi connectivity index (χ3v) is 7.42. The Morgan fingerprint density at radius 1 is 0.892 bits per heavy atom. The molecule has 1 heterocycles. The first kappa shape index (κ1) is 25.0. The van der Waals surface area contributed by atoms with Gasteiger partial charge in [0.1, 0.15) is 0 Å². The molecule has 0 aromatic heterocycles. The Balaban J connectivity index is 1.12. The fraction of sp³-hybridized carbons (Fsp3) is 0.448. The largest absolute Gasteiger partial charge is 0.342 e. The highest BCUT2D eigenvalue weighted by Gasteiger charge is 2.36. The van der Waals surface area contributed by atoms with Gasteiger partial charge in [0, 0.05) is 49.0 Å². The van der Waals surface area contributed by atoms with E-state index in [0.29, 0.717) is 29.5 Å². The summed E-state index contributed by atoms with van der Waals surface area (Å²) in [6, 6.07) is 14.6. The highest BCUT2D eigenvalue weighted by molar-refractivity contribution is 5.97. The van der Waals surface area contributed by atoms with Crippen molar-refractivity contribution in [2.75, 3.05) is 30.8 Å². The normalized spacial score (nSPS) is 19.2. The van der Waals surface area contributed by atoms with Gasteiger partial charge in [-0.1, -0.05) is 12.1 Å². The minimum Gasteiger partial charge on any atom is -0.342 e. The van der Waals surface area contributed by atoms with Crippen LogP contribution < -0.4 is 10.6 Å². The van der Waals surface area contributed by atoms with Crippen LogP contribution >= 0.6 is 0 Å². The lowest BCUT2D eigenvalue weighted by Crippen LogP contribution is -2.44. The van der Waals surface area contributed by atoms with Gasteiger partial charge in [0.05, 0.1) is 12.3 Å². The number of anilines is 2. The quantitative estimate of drug-likeness (QED) is 0.575. The molecule has 1 atom stereocenters. The van der Waals surface area contributed by atoms with E-state index in [1.165, 1.54) is 0 Å². The number of hydrogen-bond acceptors (Lipinski definition) is 4. The van der Waals surface area contributed by atoms with Gasteiger partial charge < -0.3 is 20.4 Å². The van der Waals surface area contributed by atoms with Crippen LogP contribution in [0.1, 0.15) is 54.4 Å². The predicted octanol–water partition coefficient (Wildman–Crippen LogP) is 3.69. The summed E-state index contributed by atoms with van der Waals surface area (Å²) >= 11 is 0. The zero-order valence-corrected chi connectivity index (χ0v) is 21.2. The van der Waals surface area contributed by atoms with E-state index in [1.807, 2.05) is 36.2 Å². The van der Waals surface area contributed by atoms with E-state index in [1.54, 1.807) is 29.2 Å². The van der Waals surface area contributed by atoms with Gasteiger partial charge in [0.15, 0.2) is 0 Å². The second-order valence-electron chi connectivity index (χ2n) is 10.5. The van der Waals surface area contributed by atoms with Gasteiger partial charge in [0.2, 0.25) is 17.7 Å². The molecule has 5 rings (SSSR count). The molecule has 0 bridgehead atoms. The van der Waals surface area contributed by atoms with Crippen molar-refractivity contribution < 1.29 is 19.2 Å². The van der Waals surface area contributed by atoms with Gasteiger partial charge in [-0.15, -0.1) is 0 Å². The van der Waals surface area contributed by atoms with Gasteiger partial charge in [-0.2, -0.15) is 0 Å². The van der Waals surface area contributed by atoms with E-state index in [-0.39, 0.29) is 41.9 Å². The SMILES string of the molecule is CN(C(=O)c1ccc(NC(=O)Cc2cccc(NC(=O)C3CCCN(C(=O)C4CC4)C3)c2)cc1)C1CC1. The lowest BCUT2D eigenvalue weighted by Gasteiger charge is -2.32. The van der Waals surface area contributed by atoms with Crippen molar-refractivity contribution in [2.45, 2.75) is 51.0 Å². The number of piperidine rings is 1. The molecule has 1 aliphatic heterocycles. The molecular weight excluding hydrogens is 468 g/mol. The number of likely N-dealkylation sites (tertiary alicyclic amines) is 1. The van der Waals surface area contributed by atoms with Crippen molar-refractivity contribution in [3.05, 3.63) is 59.7 Å². The maximum atomic E-state index is 12.9. The average molecular weight is 503 g/mol. The molecule has 37 heavy (non-hydrogen) atoms. The second-order valence-corrected chi connectivity index (χ2v) is 10.5. The summed E-state index contributed by atoms with van der Waals surface area (Å²) in [7, 11) is 1.83. The molecule has 8 heteroatoms. The van der Waals surface area contributed by atoms with Crippen molar-refractivity contribution in [1.82, 2.24) is 9.80 Å². The first-order valence-electron chi connectivity index (χ1n) is 13.2. The smallest absolute Gasteiger partial charge is 0.253 e. The summed E-state index contributed by atoms with van der Waals surface area (Å²) in [6.07, 6.45) is 5.81. The predicted molar refractivity (Wildman–Crippen MR) is 141 cm³/mol. The first-order valence-corrected chi connectivity index (χ1v) is 13.2. The Kier molecular flexibility index (Phi) is 7.26. The summed E-state index contributed by atoms with van der Waals surface area (Å²) in [5, 5.41) is 5.85. The summed E-state index contributed by atoms with van der Waals surface area (Å²) in [6.45, 7) is 1.21. The van der Waals surface area contributed by atoms with Crippen LogP contribution in [0.2, 0.25) is 0 Å². The van der Waals surface area contributed by atoms with Gasteiger partial charge in [0.25, 0.3) is 5.91 Å². The molecule has 3 fully saturated rings. The lowest BCUT2D eigenvalue weighted by atomic mass is 9.96. The fourth-order valence-corrected chi connectivity index (χ4v) is 4.90. The molecule has 2 aliphatic carbocycles. The molecular formula is C29H34N4O4. The summed E-state index contributed by atoms with van der Waals surface area (Å²) < 4.78 is 0. The molecule has 2 aromatic carbocycles. The monoisotopic (exact) mass is 502 g/mol. The van der Waals surface area contributed by atoms with E-state index in [9.17, 15) is 19.2 Å². The summed E-state index contributed by atoms with van der Waals surface area (Å²) in [4.78, 5) is 54.0.